The zero-order valence-corrected chi connectivity index (χ0v) is 9.50. The zero-order chi connectivity index (χ0) is 11.0. The van der Waals surface area contributed by atoms with Gasteiger partial charge in [0.15, 0.2) is 6.29 Å². The average Bonchev–Trinajstić information content (AvgIpc) is 2.24. The van der Waals surface area contributed by atoms with Crippen molar-refractivity contribution < 1.29 is 9.21 Å². The van der Waals surface area contributed by atoms with Crippen molar-refractivity contribution in [3.05, 3.63) is 44.2 Å². The van der Waals surface area contributed by atoms with Crippen LogP contribution in [0.3, 0.4) is 0 Å². The van der Waals surface area contributed by atoms with Gasteiger partial charge in [-0.1, -0.05) is 15.9 Å². The van der Waals surface area contributed by atoms with Gasteiger partial charge in [0.2, 0.25) is 5.43 Å². The second kappa shape index (κ2) is 3.62. The summed E-state index contributed by atoms with van der Waals surface area (Å²) in [5, 5.41) is 0.431. The molecular formula is C11H7BrO3. The lowest BCUT2D eigenvalue weighted by atomic mass is 10.1. The molecule has 0 unspecified atom stereocenters. The first-order chi connectivity index (χ1) is 7.15. The van der Waals surface area contributed by atoms with E-state index in [-0.39, 0.29) is 11.0 Å². The Kier molecular flexibility index (Phi) is 2.44. The Balaban J connectivity index is 2.98. The molecule has 15 heavy (non-hydrogen) atoms. The first-order valence-corrected chi connectivity index (χ1v) is 5.10. The van der Waals surface area contributed by atoms with Crippen molar-refractivity contribution in [2.75, 3.05) is 0 Å². The largest absolute Gasteiger partial charge is 0.463 e. The van der Waals surface area contributed by atoms with Gasteiger partial charge in [-0.15, -0.1) is 0 Å². The molecule has 3 nitrogen and oxygen atoms in total. The molecule has 0 saturated carbocycles. The molecule has 76 valence electrons. The van der Waals surface area contributed by atoms with Crippen LogP contribution in [-0.2, 0) is 0 Å². The lowest BCUT2D eigenvalue weighted by molar-refractivity contribution is 0.112. The van der Waals surface area contributed by atoms with Crippen LogP contribution in [0.5, 0.6) is 0 Å². The van der Waals surface area contributed by atoms with Crippen molar-refractivity contribution in [2.24, 2.45) is 0 Å². The van der Waals surface area contributed by atoms with E-state index < -0.39 is 0 Å². The van der Waals surface area contributed by atoms with E-state index in [1.54, 1.807) is 12.1 Å². The molecule has 0 saturated heterocycles. The van der Waals surface area contributed by atoms with Gasteiger partial charge in [-0.25, -0.2) is 0 Å². The molecule has 0 aliphatic rings. The number of carbonyl (C=O) groups is 1. The molecule has 1 aromatic carbocycles. The summed E-state index contributed by atoms with van der Waals surface area (Å²) < 4.78 is 6.14. The highest BCUT2D eigenvalue weighted by atomic mass is 79.9. The standard InChI is InChI=1S/C11H7BrO3/c1-6-9(12)3-2-8-10(14)7(4-13)5-15-11(6)8/h2-5H,1H3. The molecule has 2 rings (SSSR count). The first-order valence-electron chi connectivity index (χ1n) is 4.31. The summed E-state index contributed by atoms with van der Waals surface area (Å²) in [4.78, 5) is 22.3. The SMILES string of the molecule is Cc1c(Br)ccc2c(=O)c(C=O)coc12. The minimum absolute atomic E-state index is 0.0456. The molecule has 0 spiro atoms. The van der Waals surface area contributed by atoms with E-state index >= 15 is 0 Å². The topological polar surface area (TPSA) is 47.3 Å². The zero-order valence-electron chi connectivity index (χ0n) is 7.91. The molecule has 1 heterocycles. The Morgan fingerprint density at radius 2 is 2.13 bits per heavy atom. The van der Waals surface area contributed by atoms with Gasteiger partial charge in [0, 0.05) is 10.0 Å². The van der Waals surface area contributed by atoms with Crippen LogP contribution in [0.2, 0.25) is 0 Å². The summed E-state index contributed by atoms with van der Waals surface area (Å²) >= 11 is 3.34. The van der Waals surface area contributed by atoms with E-state index in [1.165, 1.54) is 6.26 Å². The van der Waals surface area contributed by atoms with E-state index in [0.29, 0.717) is 17.3 Å². The van der Waals surface area contributed by atoms with E-state index in [1.807, 2.05) is 6.92 Å². The summed E-state index contributed by atoms with van der Waals surface area (Å²) in [5.74, 6) is 0. The quantitative estimate of drug-likeness (QED) is 0.746. The van der Waals surface area contributed by atoms with E-state index in [0.717, 1.165) is 10.0 Å². The Bertz CT molecular complexity index is 599. The van der Waals surface area contributed by atoms with Gasteiger partial charge < -0.3 is 4.42 Å². The maximum atomic E-state index is 11.7. The van der Waals surface area contributed by atoms with Gasteiger partial charge >= 0.3 is 0 Å². The molecule has 0 amide bonds. The number of fused-ring (bicyclic) bond motifs is 1. The van der Waals surface area contributed by atoms with Crippen LogP contribution in [0.1, 0.15) is 15.9 Å². The highest BCUT2D eigenvalue weighted by Gasteiger charge is 2.09. The third-order valence-corrected chi connectivity index (χ3v) is 3.14. The fourth-order valence-corrected chi connectivity index (χ4v) is 1.72. The highest BCUT2D eigenvalue weighted by molar-refractivity contribution is 9.10. The van der Waals surface area contributed by atoms with Crippen molar-refractivity contribution >= 4 is 33.2 Å². The maximum Gasteiger partial charge on any atom is 0.203 e. The molecule has 0 bridgehead atoms. The highest BCUT2D eigenvalue weighted by Crippen LogP contribution is 2.23. The number of aldehydes is 1. The smallest absolute Gasteiger partial charge is 0.203 e. The average molecular weight is 267 g/mol. The third-order valence-electron chi connectivity index (χ3n) is 2.28. The number of hydrogen-bond donors (Lipinski definition) is 0. The Morgan fingerprint density at radius 1 is 1.40 bits per heavy atom. The van der Waals surface area contributed by atoms with Crippen LogP contribution in [-0.4, -0.2) is 6.29 Å². The molecule has 0 N–H and O–H groups in total. The van der Waals surface area contributed by atoms with E-state index in [9.17, 15) is 9.59 Å². The number of rotatable bonds is 1. The van der Waals surface area contributed by atoms with Crippen molar-refractivity contribution in [1.82, 2.24) is 0 Å². The minimum Gasteiger partial charge on any atom is -0.463 e. The molecule has 4 heteroatoms. The molecule has 0 fully saturated rings. The lowest BCUT2D eigenvalue weighted by Gasteiger charge is -2.02. The number of hydrogen-bond acceptors (Lipinski definition) is 3. The number of halogens is 1. The van der Waals surface area contributed by atoms with Gasteiger partial charge in [0.05, 0.1) is 10.9 Å². The van der Waals surface area contributed by atoms with Crippen LogP contribution in [0.4, 0.5) is 0 Å². The van der Waals surface area contributed by atoms with Crippen LogP contribution in [0, 0.1) is 6.92 Å². The fraction of sp³-hybridized carbons (Fsp3) is 0.0909. The van der Waals surface area contributed by atoms with E-state index in [4.69, 9.17) is 4.42 Å². The monoisotopic (exact) mass is 266 g/mol. The summed E-state index contributed by atoms with van der Waals surface area (Å²) in [5.41, 5.74) is 1.12. The van der Waals surface area contributed by atoms with E-state index in [2.05, 4.69) is 15.9 Å². The molecule has 0 radical (unpaired) electrons. The summed E-state index contributed by atoms with van der Waals surface area (Å²) in [7, 11) is 0. The second-order valence-electron chi connectivity index (χ2n) is 3.19. The summed E-state index contributed by atoms with van der Waals surface area (Å²) in [6.45, 7) is 1.84. The number of benzene rings is 1. The van der Waals surface area contributed by atoms with Crippen LogP contribution < -0.4 is 5.43 Å². The molecule has 1 aromatic heterocycles. The van der Waals surface area contributed by atoms with Crippen molar-refractivity contribution in [3.8, 4) is 0 Å². The van der Waals surface area contributed by atoms with Crippen molar-refractivity contribution in [3.63, 3.8) is 0 Å². The molecule has 0 aliphatic carbocycles. The molecule has 0 atom stereocenters. The number of carbonyl (C=O) groups excluding carboxylic acids is 1. The van der Waals surface area contributed by atoms with Gasteiger partial charge in [-0.05, 0) is 19.1 Å². The maximum absolute atomic E-state index is 11.7. The van der Waals surface area contributed by atoms with Gasteiger partial charge in [0.25, 0.3) is 0 Å². The summed E-state index contributed by atoms with van der Waals surface area (Å²) in [6, 6.07) is 3.41. The normalized spacial score (nSPS) is 10.5. The molecule has 2 aromatic rings. The predicted molar refractivity (Wildman–Crippen MR) is 60.3 cm³/mol. The lowest BCUT2D eigenvalue weighted by Crippen LogP contribution is -2.07. The van der Waals surface area contributed by atoms with Gasteiger partial charge in [0.1, 0.15) is 11.8 Å². The van der Waals surface area contributed by atoms with Crippen molar-refractivity contribution in [1.29, 1.82) is 0 Å². The Hall–Kier alpha value is -1.42. The van der Waals surface area contributed by atoms with Crippen LogP contribution in [0.15, 0.2) is 32.1 Å². The van der Waals surface area contributed by atoms with Gasteiger partial charge in [-0.2, -0.15) is 0 Å². The fourth-order valence-electron chi connectivity index (χ4n) is 1.41. The van der Waals surface area contributed by atoms with Crippen molar-refractivity contribution in [2.45, 2.75) is 6.92 Å². The summed E-state index contributed by atoms with van der Waals surface area (Å²) in [6.07, 6.45) is 1.69. The minimum atomic E-state index is -0.290. The predicted octanol–water partition coefficient (Wildman–Crippen LogP) is 2.68. The van der Waals surface area contributed by atoms with Crippen LogP contribution >= 0.6 is 15.9 Å². The molecule has 0 aliphatic heterocycles. The molecular weight excluding hydrogens is 260 g/mol. The van der Waals surface area contributed by atoms with Crippen LogP contribution in [0.25, 0.3) is 11.0 Å². The second-order valence-corrected chi connectivity index (χ2v) is 4.04. The Morgan fingerprint density at radius 3 is 2.80 bits per heavy atom. The van der Waals surface area contributed by atoms with Gasteiger partial charge in [-0.3, -0.25) is 9.59 Å². The Labute approximate surface area is 93.8 Å². The number of aryl methyl sites for hydroxylation is 1. The third kappa shape index (κ3) is 1.51. The first kappa shape index (κ1) is 10.1.